The molecule has 0 radical (unpaired) electrons. The van der Waals surface area contributed by atoms with Crippen molar-refractivity contribution in [2.24, 2.45) is 11.1 Å². The maximum atomic E-state index is 5.73. The highest BCUT2D eigenvalue weighted by molar-refractivity contribution is 5.47. The standard InChI is InChI=1S/C15H24N2O2/c1-11-6-13-14(19-5-4-18-13)7-12(11)8-17-10-15(2,3)9-16/h6-7,17H,4-5,8-10,16H2,1-3H3. The fourth-order valence-electron chi connectivity index (χ4n) is 2.03. The van der Waals surface area contributed by atoms with Gasteiger partial charge in [-0.3, -0.25) is 0 Å². The normalized spacial score (nSPS) is 14.5. The van der Waals surface area contributed by atoms with E-state index in [0.717, 1.165) is 24.6 Å². The molecule has 0 unspecified atom stereocenters. The summed E-state index contributed by atoms with van der Waals surface area (Å²) in [5.74, 6) is 1.71. The first-order chi connectivity index (χ1) is 9.02. The van der Waals surface area contributed by atoms with Gasteiger partial charge in [-0.05, 0) is 42.1 Å². The minimum atomic E-state index is 0.127. The second-order valence-corrected chi connectivity index (χ2v) is 5.89. The quantitative estimate of drug-likeness (QED) is 0.852. The van der Waals surface area contributed by atoms with Crippen molar-refractivity contribution in [3.8, 4) is 11.5 Å². The van der Waals surface area contributed by atoms with Gasteiger partial charge in [0.25, 0.3) is 0 Å². The fraction of sp³-hybridized carbons (Fsp3) is 0.600. The molecule has 0 saturated carbocycles. The van der Waals surface area contributed by atoms with Crippen LogP contribution in [0.1, 0.15) is 25.0 Å². The number of rotatable bonds is 5. The predicted octanol–water partition coefficient (Wildman–Crippen LogP) is 1.84. The summed E-state index contributed by atoms with van der Waals surface area (Å²) in [6.45, 7) is 10.1. The number of hydrogen-bond acceptors (Lipinski definition) is 4. The maximum Gasteiger partial charge on any atom is 0.161 e. The van der Waals surface area contributed by atoms with Crippen LogP contribution in [-0.4, -0.2) is 26.3 Å². The van der Waals surface area contributed by atoms with Gasteiger partial charge >= 0.3 is 0 Å². The van der Waals surface area contributed by atoms with Crippen LogP contribution in [0.5, 0.6) is 11.5 Å². The van der Waals surface area contributed by atoms with Crippen LogP contribution in [0.4, 0.5) is 0 Å². The van der Waals surface area contributed by atoms with E-state index in [-0.39, 0.29) is 5.41 Å². The third kappa shape index (κ3) is 3.61. The van der Waals surface area contributed by atoms with Crippen LogP contribution >= 0.6 is 0 Å². The molecule has 0 bridgehead atoms. The molecule has 0 fully saturated rings. The van der Waals surface area contributed by atoms with E-state index in [1.807, 2.05) is 0 Å². The van der Waals surface area contributed by atoms with Gasteiger partial charge < -0.3 is 20.5 Å². The molecule has 0 atom stereocenters. The molecule has 3 N–H and O–H groups in total. The summed E-state index contributed by atoms with van der Waals surface area (Å²) in [7, 11) is 0. The zero-order chi connectivity index (χ0) is 13.9. The third-order valence-corrected chi connectivity index (χ3v) is 3.47. The fourth-order valence-corrected chi connectivity index (χ4v) is 2.03. The van der Waals surface area contributed by atoms with Gasteiger partial charge in [0.1, 0.15) is 13.2 Å². The molecule has 1 aliphatic rings. The molecule has 1 aromatic rings. The summed E-state index contributed by atoms with van der Waals surface area (Å²) in [6, 6.07) is 4.13. The monoisotopic (exact) mass is 264 g/mol. The number of fused-ring (bicyclic) bond motifs is 1. The van der Waals surface area contributed by atoms with Gasteiger partial charge in [-0.2, -0.15) is 0 Å². The molecular formula is C15H24N2O2. The number of benzene rings is 1. The van der Waals surface area contributed by atoms with Gasteiger partial charge in [0.05, 0.1) is 0 Å². The SMILES string of the molecule is Cc1cc2c(cc1CNCC(C)(C)CN)OCCO2. The molecular weight excluding hydrogens is 240 g/mol. The van der Waals surface area contributed by atoms with Crippen LogP contribution < -0.4 is 20.5 Å². The van der Waals surface area contributed by atoms with Gasteiger partial charge in [0.2, 0.25) is 0 Å². The summed E-state index contributed by atoms with van der Waals surface area (Å²) in [5, 5.41) is 3.46. The summed E-state index contributed by atoms with van der Waals surface area (Å²) in [5.41, 5.74) is 8.33. The zero-order valence-electron chi connectivity index (χ0n) is 12.1. The molecule has 0 amide bonds. The first kappa shape index (κ1) is 14.2. The molecule has 0 saturated heterocycles. The molecule has 106 valence electrons. The molecule has 0 spiro atoms. The van der Waals surface area contributed by atoms with Gasteiger partial charge in [0.15, 0.2) is 11.5 Å². The van der Waals surface area contributed by atoms with Crippen LogP contribution in [0.25, 0.3) is 0 Å². The van der Waals surface area contributed by atoms with Gasteiger partial charge in [-0.15, -0.1) is 0 Å². The number of nitrogens with two attached hydrogens (primary N) is 1. The van der Waals surface area contributed by atoms with Crippen molar-refractivity contribution in [2.75, 3.05) is 26.3 Å². The Morgan fingerprint density at radius 2 is 1.84 bits per heavy atom. The molecule has 2 rings (SSSR count). The molecule has 4 heteroatoms. The lowest BCUT2D eigenvalue weighted by atomic mass is 9.94. The summed E-state index contributed by atoms with van der Waals surface area (Å²) >= 11 is 0. The van der Waals surface area contributed by atoms with Crippen LogP contribution in [0.15, 0.2) is 12.1 Å². The van der Waals surface area contributed by atoms with E-state index in [1.54, 1.807) is 0 Å². The Balaban J connectivity index is 2.00. The molecule has 4 nitrogen and oxygen atoms in total. The Labute approximate surface area is 115 Å². The van der Waals surface area contributed by atoms with Crippen molar-refractivity contribution in [3.63, 3.8) is 0 Å². The Hall–Kier alpha value is -1.26. The van der Waals surface area contributed by atoms with E-state index in [2.05, 4.69) is 38.2 Å². The van der Waals surface area contributed by atoms with E-state index in [1.165, 1.54) is 11.1 Å². The number of ether oxygens (including phenoxy) is 2. The van der Waals surface area contributed by atoms with Crippen LogP contribution in [0, 0.1) is 12.3 Å². The minimum absolute atomic E-state index is 0.127. The predicted molar refractivity (Wildman–Crippen MR) is 76.7 cm³/mol. The third-order valence-electron chi connectivity index (χ3n) is 3.47. The highest BCUT2D eigenvalue weighted by Gasteiger charge is 2.16. The van der Waals surface area contributed by atoms with Crippen LogP contribution in [-0.2, 0) is 6.54 Å². The average molecular weight is 264 g/mol. The smallest absolute Gasteiger partial charge is 0.161 e. The van der Waals surface area contributed by atoms with Crippen molar-refractivity contribution in [1.82, 2.24) is 5.32 Å². The Bertz CT molecular complexity index is 444. The van der Waals surface area contributed by atoms with Crippen molar-refractivity contribution in [1.29, 1.82) is 0 Å². The largest absolute Gasteiger partial charge is 0.486 e. The van der Waals surface area contributed by atoms with Gasteiger partial charge in [-0.25, -0.2) is 0 Å². The lowest BCUT2D eigenvalue weighted by Crippen LogP contribution is -2.35. The lowest BCUT2D eigenvalue weighted by Gasteiger charge is -2.24. The van der Waals surface area contributed by atoms with E-state index < -0.39 is 0 Å². The molecule has 1 aromatic carbocycles. The minimum Gasteiger partial charge on any atom is -0.486 e. The number of nitrogens with one attached hydrogen (secondary N) is 1. The molecule has 19 heavy (non-hydrogen) atoms. The van der Waals surface area contributed by atoms with Crippen molar-refractivity contribution in [3.05, 3.63) is 23.3 Å². The van der Waals surface area contributed by atoms with Gasteiger partial charge in [0, 0.05) is 13.1 Å². The Kier molecular flexibility index (Phi) is 4.32. The molecule has 0 aromatic heterocycles. The summed E-state index contributed by atoms with van der Waals surface area (Å²) in [4.78, 5) is 0. The average Bonchev–Trinajstić information content (AvgIpc) is 2.39. The maximum absolute atomic E-state index is 5.73. The Morgan fingerprint density at radius 1 is 1.21 bits per heavy atom. The molecule has 1 heterocycles. The number of hydrogen-bond donors (Lipinski definition) is 2. The highest BCUT2D eigenvalue weighted by atomic mass is 16.6. The van der Waals surface area contributed by atoms with Gasteiger partial charge in [-0.1, -0.05) is 13.8 Å². The summed E-state index contributed by atoms with van der Waals surface area (Å²) < 4.78 is 11.2. The highest BCUT2D eigenvalue weighted by Crippen LogP contribution is 2.32. The molecule has 1 aliphatic heterocycles. The van der Waals surface area contributed by atoms with Crippen molar-refractivity contribution in [2.45, 2.75) is 27.3 Å². The number of aryl methyl sites for hydroxylation is 1. The van der Waals surface area contributed by atoms with Crippen LogP contribution in [0.2, 0.25) is 0 Å². The van der Waals surface area contributed by atoms with E-state index in [0.29, 0.717) is 19.8 Å². The summed E-state index contributed by atoms with van der Waals surface area (Å²) in [6.07, 6.45) is 0. The lowest BCUT2D eigenvalue weighted by molar-refractivity contribution is 0.171. The van der Waals surface area contributed by atoms with E-state index in [4.69, 9.17) is 15.2 Å². The van der Waals surface area contributed by atoms with Crippen molar-refractivity contribution < 1.29 is 9.47 Å². The Morgan fingerprint density at radius 3 is 2.47 bits per heavy atom. The first-order valence-electron chi connectivity index (χ1n) is 6.82. The topological polar surface area (TPSA) is 56.5 Å². The van der Waals surface area contributed by atoms with E-state index in [9.17, 15) is 0 Å². The second kappa shape index (κ2) is 5.80. The van der Waals surface area contributed by atoms with Crippen LogP contribution in [0.3, 0.4) is 0 Å². The second-order valence-electron chi connectivity index (χ2n) is 5.89. The van der Waals surface area contributed by atoms with Crippen molar-refractivity contribution >= 4 is 0 Å². The van der Waals surface area contributed by atoms with E-state index >= 15 is 0 Å². The molecule has 0 aliphatic carbocycles. The first-order valence-corrected chi connectivity index (χ1v) is 6.82. The zero-order valence-corrected chi connectivity index (χ0v) is 12.1.